The number of nitrogens with zero attached hydrogens (tertiary/aromatic N) is 6. The van der Waals surface area contributed by atoms with Crippen LogP contribution in [0.2, 0.25) is 0 Å². The van der Waals surface area contributed by atoms with Crippen molar-refractivity contribution in [1.29, 1.82) is 0 Å². The summed E-state index contributed by atoms with van der Waals surface area (Å²) >= 11 is 0. The monoisotopic (exact) mass is 323 g/mol. The van der Waals surface area contributed by atoms with Crippen LogP contribution in [0.4, 0.5) is 5.82 Å². The normalized spacial score (nSPS) is 20.7. The van der Waals surface area contributed by atoms with Crippen molar-refractivity contribution < 1.29 is 4.79 Å². The van der Waals surface area contributed by atoms with E-state index in [0.29, 0.717) is 24.4 Å². The summed E-state index contributed by atoms with van der Waals surface area (Å²) in [4.78, 5) is 22.5. The van der Waals surface area contributed by atoms with Crippen LogP contribution in [-0.2, 0) is 4.79 Å². The summed E-state index contributed by atoms with van der Waals surface area (Å²) in [6.07, 6.45) is 9.19. The average Bonchev–Trinajstić information content (AvgIpc) is 3.19. The summed E-state index contributed by atoms with van der Waals surface area (Å²) in [5.74, 6) is 0.947. The molecule has 1 N–H and O–H groups in total. The first-order valence-electron chi connectivity index (χ1n) is 7.78. The maximum absolute atomic E-state index is 12.2. The molecule has 3 aromatic rings. The number of hydrogen-bond donors (Lipinski definition) is 1. The molecule has 24 heavy (non-hydrogen) atoms. The van der Waals surface area contributed by atoms with Crippen molar-refractivity contribution in [3.63, 3.8) is 0 Å². The van der Waals surface area contributed by atoms with Gasteiger partial charge in [-0.2, -0.15) is 0 Å². The number of anilines is 1. The van der Waals surface area contributed by atoms with Crippen molar-refractivity contribution in [2.75, 3.05) is 18.9 Å². The van der Waals surface area contributed by atoms with Gasteiger partial charge in [-0.05, 0) is 11.6 Å². The van der Waals surface area contributed by atoms with E-state index in [4.69, 9.17) is 0 Å². The lowest BCUT2D eigenvalue weighted by molar-refractivity contribution is -0.127. The molecule has 2 atom stereocenters. The third-order valence-corrected chi connectivity index (χ3v) is 4.47. The van der Waals surface area contributed by atoms with E-state index >= 15 is 0 Å². The Morgan fingerprint density at radius 2 is 2.29 bits per heavy atom. The summed E-state index contributed by atoms with van der Waals surface area (Å²) in [6, 6.07) is 3.92. The lowest BCUT2D eigenvalue weighted by Gasteiger charge is -2.25. The molecule has 122 valence electrons. The van der Waals surface area contributed by atoms with Gasteiger partial charge >= 0.3 is 0 Å². The molecule has 1 aliphatic rings. The van der Waals surface area contributed by atoms with Crippen molar-refractivity contribution in [1.82, 2.24) is 29.5 Å². The van der Waals surface area contributed by atoms with Crippen LogP contribution < -0.4 is 5.32 Å². The van der Waals surface area contributed by atoms with E-state index in [0.717, 1.165) is 5.56 Å². The molecule has 8 heteroatoms. The van der Waals surface area contributed by atoms with Crippen LogP contribution in [0.5, 0.6) is 0 Å². The van der Waals surface area contributed by atoms with Gasteiger partial charge < -0.3 is 10.2 Å². The number of carbonyl (C=O) groups is 1. The Balaban J connectivity index is 1.56. The van der Waals surface area contributed by atoms with E-state index in [2.05, 4.69) is 25.5 Å². The molecule has 0 unspecified atom stereocenters. The van der Waals surface area contributed by atoms with Crippen molar-refractivity contribution in [2.24, 2.45) is 5.92 Å². The first kappa shape index (κ1) is 14.6. The van der Waals surface area contributed by atoms with E-state index in [1.54, 1.807) is 34.2 Å². The number of pyridine rings is 1. The molecule has 4 rings (SSSR count). The Hall–Kier alpha value is -3.03. The van der Waals surface area contributed by atoms with Crippen molar-refractivity contribution in [3.05, 3.63) is 48.8 Å². The van der Waals surface area contributed by atoms with Gasteiger partial charge in [0, 0.05) is 50.7 Å². The third-order valence-electron chi connectivity index (χ3n) is 4.47. The molecule has 1 aliphatic heterocycles. The number of carbonyl (C=O) groups excluding carboxylic acids is 1. The van der Waals surface area contributed by atoms with Crippen LogP contribution in [0, 0.1) is 5.92 Å². The van der Waals surface area contributed by atoms with Crippen molar-refractivity contribution >= 4 is 17.4 Å². The SMILES string of the molecule is CN1C(=O)C[C@@H](CNc2nccn3cnnc23)[C@@H]1c1cccnc1. The van der Waals surface area contributed by atoms with Crippen LogP contribution >= 0.6 is 0 Å². The molecule has 8 nitrogen and oxygen atoms in total. The Kier molecular flexibility index (Phi) is 3.56. The summed E-state index contributed by atoms with van der Waals surface area (Å²) in [6.45, 7) is 0.620. The van der Waals surface area contributed by atoms with Gasteiger partial charge in [0.15, 0.2) is 5.82 Å². The standard InChI is InChI=1S/C16H17N7O/c1-22-13(24)7-12(14(22)11-3-2-4-17-8-11)9-19-15-16-21-20-10-23(16)6-5-18-15/h2-6,8,10,12,14H,7,9H2,1H3,(H,18,19)/t12-,14-/m0/s1. The number of aromatic nitrogens is 5. The predicted molar refractivity (Wildman–Crippen MR) is 87.1 cm³/mol. The minimum absolute atomic E-state index is 0.0105. The predicted octanol–water partition coefficient (Wildman–Crippen LogP) is 1.15. The second kappa shape index (κ2) is 5.88. The topological polar surface area (TPSA) is 88.3 Å². The van der Waals surface area contributed by atoms with Crippen LogP contribution in [0.15, 0.2) is 43.2 Å². The summed E-state index contributed by atoms with van der Waals surface area (Å²) in [5.41, 5.74) is 1.72. The third kappa shape index (κ3) is 2.45. The zero-order chi connectivity index (χ0) is 16.5. The highest BCUT2D eigenvalue weighted by atomic mass is 16.2. The molecular formula is C16H17N7O. The number of fused-ring (bicyclic) bond motifs is 1. The number of likely N-dealkylation sites (tertiary alicyclic amines) is 1. The highest BCUT2D eigenvalue weighted by Crippen LogP contribution is 2.36. The highest BCUT2D eigenvalue weighted by molar-refractivity contribution is 5.79. The summed E-state index contributed by atoms with van der Waals surface area (Å²) in [7, 11) is 1.84. The summed E-state index contributed by atoms with van der Waals surface area (Å²) < 4.78 is 1.81. The number of rotatable bonds is 4. The van der Waals surface area contributed by atoms with Gasteiger partial charge in [0.2, 0.25) is 11.6 Å². The molecule has 0 aromatic carbocycles. The fourth-order valence-corrected chi connectivity index (χ4v) is 3.29. The van der Waals surface area contributed by atoms with E-state index in [-0.39, 0.29) is 17.9 Å². The van der Waals surface area contributed by atoms with Crippen molar-refractivity contribution in [3.8, 4) is 0 Å². The fraction of sp³-hybridized carbons (Fsp3) is 0.312. The minimum atomic E-state index is 0.0105. The first-order chi connectivity index (χ1) is 11.7. The maximum atomic E-state index is 12.2. The molecule has 0 aliphatic carbocycles. The van der Waals surface area contributed by atoms with E-state index in [1.807, 2.05) is 25.4 Å². The second-order valence-electron chi connectivity index (χ2n) is 5.92. The van der Waals surface area contributed by atoms with Crippen LogP contribution in [0.3, 0.4) is 0 Å². The van der Waals surface area contributed by atoms with Crippen LogP contribution in [0.25, 0.3) is 5.65 Å². The Morgan fingerprint density at radius 3 is 3.12 bits per heavy atom. The van der Waals surface area contributed by atoms with Gasteiger partial charge in [-0.25, -0.2) is 4.98 Å². The molecule has 0 radical (unpaired) electrons. The molecular weight excluding hydrogens is 306 g/mol. The molecule has 1 saturated heterocycles. The zero-order valence-electron chi connectivity index (χ0n) is 13.2. The first-order valence-corrected chi connectivity index (χ1v) is 7.78. The van der Waals surface area contributed by atoms with E-state index in [9.17, 15) is 4.79 Å². The quantitative estimate of drug-likeness (QED) is 0.775. The Labute approximate surface area is 138 Å². The number of hydrogen-bond acceptors (Lipinski definition) is 6. The second-order valence-corrected chi connectivity index (χ2v) is 5.92. The maximum Gasteiger partial charge on any atom is 0.223 e. The van der Waals surface area contributed by atoms with Crippen molar-refractivity contribution in [2.45, 2.75) is 12.5 Å². The van der Waals surface area contributed by atoms with E-state index in [1.165, 1.54) is 0 Å². The average molecular weight is 323 g/mol. The van der Waals surface area contributed by atoms with Gasteiger partial charge in [-0.3, -0.25) is 14.2 Å². The highest BCUT2D eigenvalue weighted by Gasteiger charge is 2.38. The molecule has 4 heterocycles. The summed E-state index contributed by atoms with van der Waals surface area (Å²) in [5, 5.41) is 11.3. The van der Waals surface area contributed by atoms with Gasteiger partial charge in [-0.1, -0.05) is 6.07 Å². The molecule has 3 aromatic heterocycles. The Bertz CT molecular complexity index is 863. The van der Waals surface area contributed by atoms with E-state index < -0.39 is 0 Å². The number of nitrogens with one attached hydrogen (secondary N) is 1. The fourth-order valence-electron chi connectivity index (χ4n) is 3.29. The minimum Gasteiger partial charge on any atom is -0.367 e. The molecule has 0 spiro atoms. The largest absolute Gasteiger partial charge is 0.367 e. The van der Waals surface area contributed by atoms with Crippen LogP contribution in [0.1, 0.15) is 18.0 Å². The van der Waals surface area contributed by atoms with Gasteiger partial charge in [-0.15, -0.1) is 10.2 Å². The smallest absolute Gasteiger partial charge is 0.223 e. The molecule has 0 saturated carbocycles. The Morgan fingerprint density at radius 1 is 1.38 bits per heavy atom. The lowest BCUT2D eigenvalue weighted by atomic mass is 9.95. The van der Waals surface area contributed by atoms with Gasteiger partial charge in [0.25, 0.3) is 0 Å². The van der Waals surface area contributed by atoms with Gasteiger partial charge in [0.1, 0.15) is 6.33 Å². The lowest BCUT2D eigenvalue weighted by Crippen LogP contribution is -2.26. The number of amides is 1. The molecule has 1 amide bonds. The zero-order valence-corrected chi connectivity index (χ0v) is 13.2. The molecule has 0 bridgehead atoms. The van der Waals surface area contributed by atoms with Gasteiger partial charge in [0.05, 0.1) is 6.04 Å². The molecule has 1 fully saturated rings. The van der Waals surface area contributed by atoms with Crippen LogP contribution in [-0.4, -0.2) is 49.0 Å².